The molecule has 0 spiro atoms. The van der Waals surface area contributed by atoms with Crippen molar-refractivity contribution in [2.24, 2.45) is 4.99 Å². The van der Waals surface area contributed by atoms with Gasteiger partial charge in [-0.3, -0.25) is 4.99 Å². The van der Waals surface area contributed by atoms with E-state index in [2.05, 4.69) is 30.7 Å². The maximum atomic E-state index is 4.38. The van der Waals surface area contributed by atoms with Gasteiger partial charge in [0.1, 0.15) is 0 Å². The summed E-state index contributed by atoms with van der Waals surface area (Å²) < 4.78 is 0. The Morgan fingerprint density at radius 2 is 2.20 bits per heavy atom. The standard InChI is InChI=1S/C8H16N2/c1-7(2)10-6-4-5-9-8(10)3/h7H,4-6H2,1-3H3. The first kappa shape index (κ1) is 7.58. The molecular formula is C8H16N2. The molecule has 0 saturated carbocycles. The van der Waals surface area contributed by atoms with Crippen molar-refractivity contribution in [1.82, 2.24) is 4.90 Å². The number of amidine groups is 1. The zero-order valence-corrected chi connectivity index (χ0v) is 7.09. The molecule has 1 rings (SSSR count). The molecule has 2 nitrogen and oxygen atoms in total. The summed E-state index contributed by atoms with van der Waals surface area (Å²) in [6, 6.07) is 0.615. The summed E-state index contributed by atoms with van der Waals surface area (Å²) in [4.78, 5) is 6.73. The van der Waals surface area contributed by atoms with Crippen LogP contribution < -0.4 is 0 Å². The zero-order valence-electron chi connectivity index (χ0n) is 7.09. The molecule has 0 N–H and O–H groups in total. The molecule has 0 atom stereocenters. The molecule has 58 valence electrons. The Morgan fingerprint density at radius 1 is 1.50 bits per heavy atom. The van der Waals surface area contributed by atoms with Crippen LogP contribution in [0.3, 0.4) is 0 Å². The van der Waals surface area contributed by atoms with E-state index in [1.54, 1.807) is 0 Å². The molecule has 0 amide bonds. The van der Waals surface area contributed by atoms with Crippen molar-refractivity contribution in [2.45, 2.75) is 33.2 Å². The van der Waals surface area contributed by atoms with Crippen LogP contribution in [0, 0.1) is 0 Å². The van der Waals surface area contributed by atoms with E-state index in [9.17, 15) is 0 Å². The molecular weight excluding hydrogens is 124 g/mol. The van der Waals surface area contributed by atoms with Gasteiger partial charge in [0, 0.05) is 19.1 Å². The molecule has 0 aliphatic carbocycles. The van der Waals surface area contributed by atoms with E-state index in [1.807, 2.05) is 0 Å². The van der Waals surface area contributed by atoms with Crippen molar-refractivity contribution in [3.05, 3.63) is 0 Å². The van der Waals surface area contributed by atoms with Crippen molar-refractivity contribution in [2.75, 3.05) is 13.1 Å². The summed E-state index contributed by atoms with van der Waals surface area (Å²) in [6.07, 6.45) is 1.22. The lowest BCUT2D eigenvalue weighted by molar-refractivity contribution is 0.330. The second kappa shape index (κ2) is 3.04. The lowest BCUT2D eigenvalue weighted by Gasteiger charge is -2.31. The predicted octanol–water partition coefficient (Wildman–Crippen LogP) is 1.52. The highest BCUT2D eigenvalue weighted by Crippen LogP contribution is 2.06. The number of aliphatic imine (C=N–C) groups is 1. The number of hydrogen-bond acceptors (Lipinski definition) is 2. The summed E-state index contributed by atoms with van der Waals surface area (Å²) in [6.45, 7) is 8.73. The van der Waals surface area contributed by atoms with E-state index < -0.39 is 0 Å². The molecule has 1 aliphatic rings. The van der Waals surface area contributed by atoms with Crippen LogP contribution in [0.15, 0.2) is 4.99 Å². The Kier molecular flexibility index (Phi) is 2.30. The van der Waals surface area contributed by atoms with Gasteiger partial charge in [-0.25, -0.2) is 0 Å². The van der Waals surface area contributed by atoms with E-state index in [-0.39, 0.29) is 0 Å². The molecule has 0 bridgehead atoms. The number of rotatable bonds is 1. The quantitative estimate of drug-likeness (QED) is 0.539. The molecule has 0 aromatic heterocycles. The smallest absolute Gasteiger partial charge is 0.0959 e. The Bertz CT molecular complexity index is 138. The van der Waals surface area contributed by atoms with Crippen molar-refractivity contribution < 1.29 is 0 Å². The number of hydrogen-bond donors (Lipinski definition) is 0. The molecule has 0 aromatic rings. The highest BCUT2D eigenvalue weighted by atomic mass is 15.2. The van der Waals surface area contributed by atoms with Crippen LogP contribution in [-0.4, -0.2) is 29.9 Å². The first-order chi connectivity index (χ1) is 4.72. The average molecular weight is 140 g/mol. The minimum atomic E-state index is 0.615. The second-order valence-electron chi connectivity index (χ2n) is 3.07. The fourth-order valence-corrected chi connectivity index (χ4v) is 1.37. The summed E-state index contributed by atoms with van der Waals surface area (Å²) in [5.41, 5.74) is 0. The van der Waals surface area contributed by atoms with Crippen LogP contribution >= 0.6 is 0 Å². The Balaban J connectivity index is 2.58. The Labute approximate surface area is 62.9 Å². The minimum absolute atomic E-state index is 0.615. The summed E-state index contributed by atoms with van der Waals surface area (Å²) in [5.74, 6) is 1.21. The van der Waals surface area contributed by atoms with Gasteiger partial charge in [-0.2, -0.15) is 0 Å². The first-order valence-electron chi connectivity index (χ1n) is 3.99. The third kappa shape index (κ3) is 1.49. The van der Waals surface area contributed by atoms with Crippen LogP contribution in [0.25, 0.3) is 0 Å². The minimum Gasteiger partial charge on any atom is -0.358 e. The van der Waals surface area contributed by atoms with Gasteiger partial charge in [-0.1, -0.05) is 0 Å². The third-order valence-corrected chi connectivity index (χ3v) is 1.94. The van der Waals surface area contributed by atoms with E-state index in [0.29, 0.717) is 6.04 Å². The zero-order chi connectivity index (χ0) is 7.56. The molecule has 2 heteroatoms. The first-order valence-corrected chi connectivity index (χ1v) is 3.99. The highest BCUT2D eigenvalue weighted by Gasteiger charge is 2.12. The maximum Gasteiger partial charge on any atom is 0.0959 e. The predicted molar refractivity (Wildman–Crippen MR) is 44.4 cm³/mol. The second-order valence-corrected chi connectivity index (χ2v) is 3.07. The fraction of sp³-hybridized carbons (Fsp3) is 0.875. The average Bonchev–Trinajstić information content (AvgIpc) is 1.88. The SMILES string of the molecule is CC1=NCCCN1C(C)C. The summed E-state index contributed by atoms with van der Waals surface area (Å²) in [7, 11) is 0. The Morgan fingerprint density at radius 3 is 2.60 bits per heavy atom. The summed E-state index contributed by atoms with van der Waals surface area (Å²) >= 11 is 0. The maximum absolute atomic E-state index is 4.38. The van der Waals surface area contributed by atoms with Gasteiger partial charge in [0.25, 0.3) is 0 Å². The lowest BCUT2D eigenvalue weighted by Crippen LogP contribution is -2.38. The third-order valence-electron chi connectivity index (χ3n) is 1.94. The van der Waals surface area contributed by atoms with Crippen molar-refractivity contribution in [3.8, 4) is 0 Å². The van der Waals surface area contributed by atoms with Crippen LogP contribution in [0.5, 0.6) is 0 Å². The van der Waals surface area contributed by atoms with Crippen molar-refractivity contribution in [1.29, 1.82) is 0 Å². The Hall–Kier alpha value is -0.530. The lowest BCUT2D eigenvalue weighted by atomic mass is 10.2. The van der Waals surface area contributed by atoms with Gasteiger partial charge in [0.15, 0.2) is 0 Å². The van der Waals surface area contributed by atoms with E-state index >= 15 is 0 Å². The van der Waals surface area contributed by atoms with Crippen LogP contribution in [0.4, 0.5) is 0 Å². The molecule has 1 heterocycles. The van der Waals surface area contributed by atoms with Crippen molar-refractivity contribution >= 4 is 5.84 Å². The van der Waals surface area contributed by atoms with E-state index in [4.69, 9.17) is 0 Å². The number of nitrogens with zero attached hydrogens (tertiary/aromatic N) is 2. The van der Waals surface area contributed by atoms with Gasteiger partial charge in [0.2, 0.25) is 0 Å². The van der Waals surface area contributed by atoms with Crippen LogP contribution in [-0.2, 0) is 0 Å². The van der Waals surface area contributed by atoms with Gasteiger partial charge in [0.05, 0.1) is 5.84 Å². The molecule has 0 unspecified atom stereocenters. The van der Waals surface area contributed by atoms with Crippen LogP contribution in [0.1, 0.15) is 27.2 Å². The largest absolute Gasteiger partial charge is 0.358 e. The van der Waals surface area contributed by atoms with E-state index in [0.717, 1.165) is 6.54 Å². The van der Waals surface area contributed by atoms with Gasteiger partial charge in [-0.05, 0) is 27.2 Å². The van der Waals surface area contributed by atoms with Crippen LogP contribution in [0.2, 0.25) is 0 Å². The topological polar surface area (TPSA) is 15.6 Å². The van der Waals surface area contributed by atoms with E-state index in [1.165, 1.54) is 18.8 Å². The van der Waals surface area contributed by atoms with Gasteiger partial charge < -0.3 is 4.90 Å². The molecule has 0 aromatic carbocycles. The molecule has 0 radical (unpaired) electrons. The van der Waals surface area contributed by atoms with Crippen molar-refractivity contribution in [3.63, 3.8) is 0 Å². The fourth-order valence-electron chi connectivity index (χ4n) is 1.37. The summed E-state index contributed by atoms with van der Waals surface area (Å²) in [5, 5.41) is 0. The van der Waals surface area contributed by atoms with Gasteiger partial charge >= 0.3 is 0 Å². The monoisotopic (exact) mass is 140 g/mol. The molecule has 0 fully saturated rings. The van der Waals surface area contributed by atoms with Gasteiger partial charge in [-0.15, -0.1) is 0 Å². The molecule has 10 heavy (non-hydrogen) atoms. The highest BCUT2D eigenvalue weighted by molar-refractivity contribution is 5.80. The molecule has 1 aliphatic heterocycles. The molecule has 0 saturated heterocycles. The normalized spacial score (nSPS) is 19.6.